The van der Waals surface area contributed by atoms with Gasteiger partial charge in [-0.25, -0.2) is 0 Å². The lowest BCUT2D eigenvalue weighted by Crippen LogP contribution is -2.19. The molecule has 0 aliphatic heterocycles. The molecule has 0 aromatic carbocycles. The summed E-state index contributed by atoms with van der Waals surface area (Å²) in [4.78, 5) is 17.5. The van der Waals surface area contributed by atoms with Gasteiger partial charge in [-0.15, -0.1) is 0 Å². The normalized spacial score (nSPS) is 17.1. The molecule has 1 fully saturated rings. The second kappa shape index (κ2) is 3.69. The molecule has 1 aromatic rings. The number of aromatic amines is 1. The maximum absolute atomic E-state index is 11.1. The van der Waals surface area contributed by atoms with Gasteiger partial charge in [-0.1, -0.05) is 12.8 Å². The monoisotopic (exact) mass is 194 g/mol. The summed E-state index contributed by atoms with van der Waals surface area (Å²) in [5, 5.41) is 3.21. The molecule has 0 radical (unpaired) electrons. The van der Waals surface area contributed by atoms with Crippen LogP contribution in [0, 0.1) is 0 Å². The number of rotatable bonds is 2. The number of hydrogen-bond donors (Lipinski definition) is 3. The van der Waals surface area contributed by atoms with E-state index < -0.39 is 0 Å². The molecule has 0 atom stereocenters. The van der Waals surface area contributed by atoms with Crippen molar-refractivity contribution in [2.75, 3.05) is 11.1 Å². The highest BCUT2D eigenvalue weighted by Crippen LogP contribution is 2.20. The molecule has 76 valence electrons. The Balaban J connectivity index is 2.11. The third-order valence-electron chi connectivity index (χ3n) is 2.47. The van der Waals surface area contributed by atoms with E-state index in [0.29, 0.717) is 11.9 Å². The SMILES string of the molecule is Nc1nc(NC2CCCC2)cc(=O)[nH]1. The molecule has 0 saturated heterocycles. The number of nitrogens with one attached hydrogen (secondary N) is 2. The number of nitrogens with zero attached hydrogens (tertiary/aromatic N) is 1. The quantitative estimate of drug-likeness (QED) is 0.647. The van der Waals surface area contributed by atoms with Gasteiger partial charge in [-0.05, 0) is 12.8 Å². The van der Waals surface area contributed by atoms with Gasteiger partial charge < -0.3 is 11.1 Å². The molecule has 14 heavy (non-hydrogen) atoms. The van der Waals surface area contributed by atoms with E-state index in [1.54, 1.807) is 0 Å². The Labute approximate surface area is 81.7 Å². The second-order valence-corrected chi connectivity index (χ2v) is 3.64. The lowest BCUT2D eigenvalue weighted by atomic mass is 10.2. The summed E-state index contributed by atoms with van der Waals surface area (Å²) in [5.74, 6) is 0.746. The Bertz CT molecular complexity index is 367. The minimum absolute atomic E-state index is 0.165. The standard InChI is InChI=1S/C9H14N4O/c10-9-12-7(5-8(14)13-9)11-6-3-1-2-4-6/h5-6H,1-4H2,(H4,10,11,12,13,14). The first-order valence-electron chi connectivity index (χ1n) is 4.87. The molecule has 1 saturated carbocycles. The van der Waals surface area contributed by atoms with Gasteiger partial charge in [0.05, 0.1) is 0 Å². The van der Waals surface area contributed by atoms with Gasteiger partial charge in [0.25, 0.3) is 5.56 Å². The van der Waals surface area contributed by atoms with Crippen LogP contribution < -0.4 is 16.6 Å². The van der Waals surface area contributed by atoms with E-state index in [1.165, 1.54) is 18.9 Å². The first-order chi connectivity index (χ1) is 6.74. The minimum Gasteiger partial charge on any atom is -0.369 e. The van der Waals surface area contributed by atoms with Gasteiger partial charge in [0.15, 0.2) is 0 Å². The molecular weight excluding hydrogens is 180 g/mol. The predicted octanol–water partition coefficient (Wildman–Crippen LogP) is 0.707. The average molecular weight is 194 g/mol. The highest BCUT2D eigenvalue weighted by Gasteiger charge is 2.15. The van der Waals surface area contributed by atoms with Crippen molar-refractivity contribution >= 4 is 11.8 Å². The fraction of sp³-hybridized carbons (Fsp3) is 0.556. The summed E-state index contributed by atoms with van der Waals surface area (Å²) in [6, 6.07) is 1.89. The topological polar surface area (TPSA) is 83.8 Å². The largest absolute Gasteiger partial charge is 0.369 e. The van der Waals surface area contributed by atoms with E-state index in [-0.39, 0.29) is 11.5 Å². The van der Waals surface area contributed by atoms with Crippen molar-refractivity contribution in [1.82, 2.24) is 9.97 Å². The molecule has 1 aliphatic carbocycles. The van der Waals surface area contributed by atoms with Gasteiger partial charge in [-0.3, -0.25) is 9.78 Å². The summed E-state index contributed by atoms with van der Waals surface area (Å²) in [5.41, 5.74) is 5.22. The van der Waals surface area contributed by atoms with Crippen LogP contribution in [0.4, 0.5) is 11.8 Å². The zero-order valence-corrected chi connectivity index (χ0v) is 7.92. The molecular formula is C9H14N4O. The third kappa shape index (κ3) is 2.04. The van der Waals surface area contributed by atoms with E-state index in [4.69, 9.17) is 5.73 Å². The maximum atomic E-state index is 11.1. The van der Waals surface area contributed by atoms with Crippen LogP contribution in [0.15, 0.2) is 10.9 Å². The Kier molecular flexibility index (Phi) is 2.39. The van der Waals surface area contributed by atoms with Crippen LogP contribution in [-0.4, -0.2) is 16.0 Å². The van der Waals surface area contributed by atoms with Crippen LogP contribution >= 0.6 is 0 Å². The number of nitrogen functional groups attached to an aromatic ring is 1. The highest BCUT2D eigenvalue weighted by atomic mass is 16.1. The molecule has 1 aliphatic rings. The summed E-state index contributed by atoms with van der Waals surface area (Å²) in [6.45, 7) is 0. The second-order valence-electron chi connectivity index (χ2n) is 3.64. The van der Waals surface area contributed by atoms with Crippen LogP contribution in [0.3, 0.4) is 0 Å². The Hall–Kier alpha value is -1.52. The molecule has 1 heterocycles. The maximum Gasteiger partial charge on any atom is 0.254 e. The van der Waals surface area contributed by atoms with Crippen molar-refractivity contribution in [3.63, 3.8) is 0 Å². The van der Waals surface area contributed by atoms with E-state index >= 15 is 0 Å². The summed E-state index contributed by atoms with van der Waals surface area (Å²) < 4.78 is 0. The van der Waals surface area contributed by atoms with Gasteiger partial charge in [0.1, 0.15) is 5.82 Å². The van der Waals surface area contributed by atoms with Crippen LogP contribution in [0.2, 0.25) is 0 Å². The van der Waals surface area contributed by atoms with Gasteiger partial charge in [0.2, 0.25) is 5.95 Å². The molecule has 0 bridgehead atoms. The minimum atomic E-state index is -0.210. The molecule has 0 unspecified atom stereocenters. The molecule has 4 N–H and O–H groups in total. The zero-order valence-electron chi connectivity index (χ0n) is 7.92. The van der Waals surface area contributed by atoms with E-state index in [1.807, 2.05) is 0 Å². The predicted molar refractivity (Wildman–Crippen MR) is 55.1 cm³/mol. The average Bonchev–Trinajstić information content (AvgIpc) is 2.54. The van der Waals surface area contributed by atoms with Gasteiger partial charge in [0, 0.05) is 12.1 Å². The Morgan fingerprint density at radius 1 is 1.50 bits per heavy atom. The molecule has 0 spiro atoms. The van der Waals surface area contributed by atoms with E-state index in [2.05, 4.69) is 15.3 Å². The van der Waals surface area contributed by atoms with Crippen molar-refractivity contribution in [1.29, 1.82) is 0 Å². The van der Waals surface area contributed by atoms with E-state index in [0.717, 1.165) is 12.8 Å². The van der Waals surface area contributed by atoms with Crippen molar-refractivity contribution in [3.05, 3.63) is 16.4 Å². The number of aromatic nitrogens is 2. The Morgan fingerprint density at radius 2 is 2.21 bits per heavy atom. The zero-order chi connectivity index (χ0) is 9.97. The first kappa shape index (κ1) is 9.05. The van der Waals surface area contributed by atoms with Crippen molar-refractivity contribution in [3.8, 4) is 0 Å². The van der Waals surface area contributed by atoms with Crippen LogP contribution in [0.1, 0.15) is 25.7 Å². The lowest BCUT2D eigenvalue weighted by molar-refractivity contribution is 0.749. The molecule has 1 aromatic heterocycles. The fourth-order valence-corrected chi connectivity index (χ4v) is 1.83. The van der Waals surface area contributed by atoms with Crippen LogP contribution in [-0.2, 0) is 0 Å². The lowest BCUT2D eigenvalue weighted by Gasteiger charge is -2.11. The summed E-state index contributed by atoms with van der Waals surface area (Å²) in [7, 11) is 0. The van der Waals surface area contributed by atoms with Crippen molar-refractivity contribution in [2.24, 2.45) is 0 Å². The number of nitrogens with two attached hydrogens (primary N) is 1. The summed E-state index contributed by atoms with van der Waals surface area (Å²) >= 11 is 0. The number of H-pyrrole nitrogens is 1. The molecule has 2 rings (SSSR count). The van der Waals surface area contributed by atoms with Gasteiger partial charge >= 0.3 is 0 Å². The number of hydrogen-bond acceptors (Lipinski definition) is 4. The van der Waals surface area contributed by atoms with Crippen molar-refractivity contribution < 1.29 is 0 Å². The molecule has 5 nitrogen and oxygen atoms in total. The smallest absolute Gasteiger partial charge is 0.254 e. The highest BCUT2D eigenvalue weighted by molar-refractivity contribution is 5.38. The van der Waals surface area contributed by atoms with E-state index in [9.17, 15) is 4.79 Å². The molecule has 5 heteroatoms. The van der Waals surface area contributed by atoms with Crippen LogP contribution in [0.25, 0.3) is 0 Å². The number of anilines is 2. The summed E-state index contributed by atoms with van der Waals surface area (Å²) in [6.07, 6.45) is 4.79. The van der Waals surface area contributed by atoms with Crippen LogP contribution in [0.5, 0.6) is 0 Å². The molecule has 0 amide bonds. The fourth-order valence-electron chi connectivity index (χ4n) is 1.83. The third-order valence-corrected chi connectivity index (χ3v) is 2.47. The first-order valence-corrected chi connectivity index (χ1v) is 4.87. The Morgan fingerprint density at radius 3 is 2.86 bits per heavy atom. The van der Waals surface area contributed by atoms with Crippen molar-refractivity contribution in [2.45, 2.75) is 31.7 Å². The van der Waals surface area contributed by atoms with Gasteiger partial charge in [-0.2, -0.15) is 4.98 Å².